The zero-order valence-corrected chi connectivity index (χ0v) is 8.93. The second-order valence-electron chi connectivity index (χ2n) is 3.51. The van der Waals surface area contributed by atoms with Crippen molar-refractivity contribution in [3.05, 3.63) is 0 Å². The Morgan fingerprint density at radius 2 is 2.15 bits per heavy atom. The second kappa shape index (κ2) is 3.55. The lowest BCUT2D eigenvalue weighted by Gasteiger charge is -2.10. The minimum absolute atomic E-state index is 0.169. The molecule has 0 spiro atoms. The van der Waals surface area contributed by atoms with Crippen molar-refractivity contribution in [3.8, 4) is 0 Å². The number of nitrogens with two attached hydrogens (primary N) is 1. The van der Waals surface area contributed by atoms with Crippen molar-refractivity contribution in [3.63, 3.8) is 0 Å². The zero-order valence-electron chi connectivity index (χ0n) is 8.12. The van der Waals surface area contributed by atoms with Gasteiger partial charge < -0.3 is 10.5 Å². The van der Waals surface area contributed by atoms with E-state index < -0.39 is 15.4 Å². The van der Waals surface area contributed by atoms with Gasteiger partial charge in [0.15, 0.2) is 9.84 Å². The SMILES string of the molecule is CCOC[C@@]1(N)C[C@@H]1S(=O)(=O)CC. The lowest BCUT2D eigenvalue weighted by molar-refractivity contribution is 0.127. The maximum absolute atomic E-state index is 11.4. The number of rotatable bonds is 5. The Balaban J connectivity index is 2.53. The quantitative estimate of drug-likeness (QED) is 0.685. The number of hydrogen-bond acceptors (Lipinski definition) is 4. The summed E-state index contributed by atoms with van der Waals surface area (Å²) in [7, 11) is -2.97. The first-order valence-electron chi connectivity index (χ1n) is 4.54. The van der Waals surface area contributed by atoms with E-state index in [1.165, 1.54) is 0 Å². The van der Waals surface area contributed by atoms with Gasteiger partial charge in [0, 0.05) is 12.4 Å². The summed E-state index contributed by atoms with van der Waals surface area (Å²) in [5.74, 6) is 0.169. The van der Waals surface area contributed by atoms with Crippen LogP contribution in [0, 0.1) is 0 Å². The molecule has 0 amide bonds. The van der Waals surface area contributed by atoms with Crippen LogP contribution in [0.25, 0.3) is 0 Å². The fraction of sp³-hybridized carbons (Fsp3) is 1.00. The molecule has 1 aliphatic rings. The van der Waals surface area contributed by atoms with Crippen molar-refractivity contribution in [2.24, 2.45) is 5.73 Å². The molecule has 0 unspecified atom stereocenters. The third kappa shape index (κ3) is 2.21. The third-order valence-corrected chi connectivity index (χ3v) is 4.77. The van der Waals surface area contributed by atoms with Crippen LogP contribution in [0.5, 0.6) is 0 Å². The maximum atomic E-state index is 11.4. The van der Waals surface area contributed by atoms with Crippen molar-refractivity contribution < 1.29 is 13.2 Å². The lowest BCUT2D eigenvalue weighted by Crippen LogP contribution is -2.36. The first-order valence-corrected chi connectivity index (χ1v) is 6.26. The monoisotopic (exact) mass is 207 g/mol. The van der Waals surface area contributed by atoms with E-state index in [4.69, 9.17) is 10.5 Å². The van der Waals surface area contributed by atoms with E-state index in [-0.39, 0.29) is 11.0 Å². The van der Waals surface area contributed by atoms with E-state index in [1.807, 2.05) is 6.92 Å². The molecule has 1 rings (SSSR count). The Morgan fingerprint density at radius 1 is 1.54 bits per heavy atom. The van der Waals surface area contributed by atoms with Crippen LogP contribution in [0.4, 0.5) is 0 Å². The Morgan fingerprint density at radius 3 is 2.62 bits per heavy atom. The average molecular weight is 207 g/mol. The van der Waals surface area contributed by atoms with Crippen LogP contribution < -0.4 is 5.73 Å². The van der Waals surface area contributed by atoms with E-state index in [1.54, 1.807) is 6.92 Å². The molecule has 0 saturated heterocycles. The predicted octanol–water partition coefficient (Wildman–Crippen LogP) is -0.0726. The van der Waals surface area contributed by atoms with Gasteiger partial charge in [-0.05, 0) is 13.3 Å². The van der Waals surface area contributed by atoms with Crippen LogP contribution >= 0.6 is 0 Å². The molecular formula is C8H17NO3S. The van der Waals surface area contributed by atoms with Gasteiger partial charge in [0.2, 0.25) is 0 Å². The first-order chi connectivity index (χ1) is 5.96. The Labute approximate surface area is 79.4 Å². The molecule has 1 fully saturated rings. The molecule has 78 valence electrons. The van der Waals surface area contributed by atoms with E-state index >= 15 is 0 Å². The van der Waals surface area contributed by atoms with E-state index in [0.717, 1.165) is 0 Å². The van der Waals surface area contributed by atoms with E-state index in [0.29, 0.717) is 19.6 Å². The highest BCUT2D eigenvalue weighted by molar-refractivity contribution is 7.92. The molecule has 1 saturated carbocycles. The predicted molar refractivity (Wildman–Crippen MR) is 51.3 cm³/mol. The first kappa shape index (κ1) is 10.9. The van der Waals surface area contributed by atoms with Crippen molar-refractivity contribution in [2.45, 2.75) is 31.1 Å². The molecule has 1 aliphatic carbocycles. The molecule has 5 heteroatoms. The summed E-state index contributed by atoms with van der Waals surface area (Å²) in [5, 5.41) is -0.378. The molecule has 2 atom stereocenters. The molecule has 13 heavy (non-hydrogen) atoms. The zero-order chi connectivity index (χ0) is 10.1. The molecule has 0 radical (unpaired) electrons. The van der Waals surface area contributed by atoms with Crippen molar-refractivity contribution in [1.82, 2.24) is 0 Å². The van der Waals surface area contributed by atoms with Gasteiger partial charge in [-0.25, -0.2) is 8.42 Å². The molecule has 0 aromatic rings. The van der Waals surface area contributed by atoms with Gasteiger partial charge in [-0.2, -0.15) is 0 Å². The van der Waals surface area contributed by atoms with E-state index in [2.05, 4.69) is 0 Å². The normalized spacial score (nSPS) is 33.3. The Kier molecular flexibility index (Phi) is 2.99. The highest BCUT2D eigenvalue weighted by Crippen LogP contribution is 2.40. The maximum Gasteiger partial charge on any atom is 0.154 e. The minimum atomic E-state index is -2.97. The standard InChI is InChI=1S/C8H17NO3S/c1-3-12-6-8(9)5-7(8)13(10,11)4-2/h7H,3-6,9H2,1-2H3/t7-,8-/m0/s1. The van der Waals surface area contributed by atoms with Gasteiger partial charge in [-0.3, -0.25) is 0 Å². The summed E-state index contributed by atoms with van der Waals surface area (Å²) >= 11 is 0. The number of ether oxygens (including phenoxy) is 1. The molecule has 0 aromatic carbocycles. The van der Waals surface area contributed by atoms with Crippen LogP contribution in [-0.4, -0.2) is 38.2 Å². The fourth-order valence-electron chi connectivity index (χ4n) is 1.42. The largest absolute Gasteiger partial charge is 0.380 e. The molecular weight excluding hydrogens is 190 g/mol. The molecule has 0 aliphatic heterocycles. The van der Waals surface area contributed by atoms with Crippen molar-refractivity contribution >= 4 is 9.84 Å². The van der Waals surface area contributed by atoms with Crippen molar-refractivity contribution in [1.29, 1.82) is 0 Å². The summed E-state index contributed by atoms with van der Waals surface area (Å²) in [6.07, 6.45) is 0.545. The van der Waals surface area contributed by atoms with Crippen molar-refractivity contribution in [2.75, 3.05) is 19.0 Å². The summed E-state index contributed by atoms with van der Waals surface area (Å²) < 4.78 is 28.0. The summed E-state index contributed by atoms with van der Waals surface area (Å²) in [6, 6.07) is 0. The van der Waals surface area contributed by atoms with Crippen LogP contribution in [0.2, 0.25) is 0 Å². The molecule has 4 nitrogen and oxygen atoms in total. The molecule has 2 N–H and O–H groups in total. The van der Waals surface area contributed by atoms with Gasteiger partial charge in [0.25, 0.3) is 0 Å². The van der Waals surface area contributed by atoms with Gasteiger partial charge in [0.05, 0.1) is 17.4 Å². The van der Waals surface area contributed by atoms with Crippen LogP contribution in [0.3, 0.4) is 0 Å². The van der Waals surface area contributed by atoms with Gasteiger partial charge in [-0.15, -0.1) is 0 Å². The topological polar surface area (TPSA) is 69.4 Å². The van der Waals surface area contributed by atoms with Gasteiger partial charge >= 0.3 is 0 Å². The summed E-state index contributed by atoms with van der Waals surface area (Å²) in [5.41, 5.74) is 5.23. The van der Waals surface area contributed by atoms with Crippen LogP contribution in [0.15, 0.2) is 0 Å². The third-order valence-electron chi connectivity index (χ3n) is 2.46. The average Bonchev–Trinajstić information content (AvgIpc) is 2.76. The Bertz CT molecular complexity index is 275. The smallest absolute Gasteiger partial charge is 0.154 e. The molecule has 0 aromatic heterocycles. The highest BCUT2D eigenvalue weighted by Gasteiger charge is 2.58. The van der Waals surface area contributed by atoms with Gasteiger partial charge in [-0.1, -0.05) is 6.92 Å². The lowest BCUT2D eigenvalue weighted by atomic mass is 10.3. The minimum Gasteiger partial charge on any atom is -0.380 e. The second-order valence-corrected chi connectivity index (χ2v) is 5.99. The highest BCUT2D eigenvalue weighted by atomic mass is 32.2. The summed E-state index contributed by atoms with van der Waals surface area (Å²) in [6.45, 7) is 4.45. The molecule has 0 heterocycles. The van der Waals surface area contributed by atoms with Crippen LogP contribution in [0.1, 0.15) is 20.3 Å². The Hall–Kier alpha value is -0.130. The molecule has 0 bridgehead atoms. The number of sulfone groups is 1. The van der Waals surface area contributed by atoms with E-state index in [9.17, 15) is 8.42 Å². The summed E-state index contributed by atoms with van der Waals surface area (Å²) in [4.78, 5) is 0. The fourth-order valence-corrected chi connectivity index (χ4v) is 3.17. The van der Waals surface area contributed by atoms with Gasteiger partial charge in [0.1, 0.15) is 0 Å². The van der Waals surface area contributed by atoms with Crippen LogP contribution in [-0.2, 0) is 14.6 Å². The number of hydrogen-bond donors (Lipinski definition) is 1.